The Labute approximate surface area is 85.8 Å². The second-order valence-electron chi connectivity index (χ2n) is 3.69. The maximum Gasteiger partial charge on any atom is 0.00559 e. The SMILES string of the molecule is C1=CCC2=Pc3ccccc3CC2=C1. The van der Waals surface area contributed by atoms with E-state index in [1.807, 2.05) is 0 Å². The molecule has 0 N–H and O–H groups in total. The first-order valence-corrected chi connectivity index (χ1v) is 5.84. The summed E-state index contributed by atoms with van der Waals surface area (Å²) in [7, 11) is 1.42. The van der Waals surface area contributed by atoms with Crippen LogP contribution in [0.4, 0.5) is 0 Å². The minimum absolute atomic E-state index is 1.13. The molecule has 0 atom stereocenters. The van der Waals surface area contributed by atoms with Gasteiger partial charge < -0.3 is 0 Å². The maximum atomic E-state index is 2.27. The van der Waals surface area contributed by atoms with E-state index < -0.39 is 0 Å². The highest BCUT2D eigenvalue weighted by Gasteiger charge is 2.15. The lowest BCUT2D eigenvalue weighted by Crippen LogP contribution is -2.16. The molecular weight excluding hydrogens is 187 g/mol. The van der Waals surface area contributed by atoms with Crippen LogP contribution in [0.5, 0.6) is 0 Å². The molecule has 68 valence electrons. The van der Waals surface area contributed by atoms with E-state index in [-0.39, 0.29) is 0 Å². The van der Waals surface area contributed by atoms with E-state index in [0.717, 1.165) is 12.8 Å². The fraction of sp³-hybridized carbons (Fsp3) is 0.154. The highest BCUT2D eigenvalue weighted by atomic mass is 31.1. The zero-order valence-corrected chi connectivity index (χ0v) is 8.80. The van der Waals surface area contributed by atoms with Gasteiger partial charge in [-0.15, -0.1) is 0 Å². The van der Waals surface area contributed by atoms with Crippen LogP contribution in [0.25, 0.3) is 0 Å². The molecular formula is C13H11P. The van der Waals surface area contributed by atoms with Gasteiger partial charge in [-0.2, -0.15) is 0 Å². The van der Waals surface area contributed by atoms with Crippen molar-refractivity contribution in [2.75, 3.05) is 0 Å². The monoisotopic (exact) mass is 198 g/mol. The lowest BCUT2D eigenvalue weighted by molar-refractivity contribution is 1.21. The molecule has 0 spiro atoms. The first-order chi connectivity index (χ1) is 6.93. The highest BCUT2D eigenvalue weighted by Crippen LogP contribution is 2.25. The summed E-state index contributed by atoms with van der Waals surface area (Å²) in [6.07, 6.45) is 8.97. The molecule has 0 nitrogen and oxygen atoms in total. The van der Waals surface area contributed by atoms with Crippen LogP contribution in [0, 0.1) is 0 Å². The quantitative estimate of drug-likeness (QED) is 0.562. The molecule has 0 bridgehead atoms. The third-order valence-electron chi connectivity index (χ3n) is 2.74. The highest BCUT2D eigenvalue weighted by molar-refractivity contribution is 7.50. The van der Waals surface area contributed by atoms with Gasteiger partial charge in [-0.3, -0.25) is 0 Å². The summed E-state index contributed by atoms with van der Waals surface area (Å²) < 4.78 is 0. The van der Waals surface area contributed by atoms with Crippen LogP contribution >= 0.6 is 8.20 Å². The van der Waals surface area contributed by atoms with Crippen molar-refractivity contribution in [3.05, 3.63) is 53.6 Å². The number of hydrogen-bond donors (Lipinski definition) is 0. The topological polar surface area (TPSA) is 0 Å². The van der Waals surface area contributed by atoms with E-state index >= 15 is 0 Å². The normalized spacial score (nSPS) is 19.1. The molecule has 1 heterocycles. The molecule has 1 aliphatic carbocycles. The van der Waals surface area contributed by atoms with Crippen molar-refractivity contribution in [1.29, 1.82) is 0 Å². The summed E-state index contributed by atoms with van der Waals surface area (Å²) in [6, 6.07) is 8.77. The van der Waals surface area contributed by atoms with Crippen molar-refractivity contribution >= 4 is 18.8 Å². The number of benzene rings is 1. The molecule has 1 heteroatoms. The Balaban J connectivity index is 2.15. The molecule has 0 amide bonds. The van der Waals surface area contributed by atoms with Crippen molar-refractivity contribution in [2.24, 2.45) is 0 Å². The predicted molar refractivity (Wildman–Crippen MR) is 63.5 cm³/mol. The number of rotatable bonds is 0. The summed E-state index contributed by atoms with van der Waals surface area (Å²) in [5.41, 5.74) is 3.03. The van der Waals surface area contributed by atoms with E-state index in [1.54, 1.807) is 5.29 Å². The molecule has 0 radical (unpaired) electrons. The van der Waals surface area contributed by atoms with Crippen molar-refractivity contribution < 1.29 is 0 Å². The first kappa shape index (κ1) is 8.20. The summed E-state index contributed by atoms with van der Waals surface area (Å²) in [6.45, 7) is 0. The molecule has 1 aliphatic heterocycles. The van der Waals surface area contributed by atoms with Gasteiger partial charge in [0.1, 0.15) is 0 Å². The lowest BCUT2D eigenvalue weighted by Gasteiger charge is -2.19. The second kappa shape index (κ2) is 3.22. The van der Waals surface area contributed by atoms with Crippen LogP contribution in [0.15, 0.2) is 48.1 Å². The van der Waals surface area contributed by atoms with E-state index in [1.165, 1.54) is 24.6 Å². The van der Waals surface area contributed by atoms with E-state index in [2.05, 4.69) is 42.5 Å². The lowest BCUT2D eigenvalue weighted by atomic mass is 9.97. The Hall–Kier alpha value is -1.13. The Bertz CT molecular complexity index is 464. The molecule has 14 heavy (non-hydrogen) atoms. The second-order valence-corrected chi connectivity index (χ2v) is 4.93. The standard InChI is InChI=1S/C13H11P/c1-3-7-12-10(5-1)9-11-6-2-4-8-13(11)14-12/h1-7H,8-9H2. The van der Waals surface area contributed by atoms with Crippen LogP contribution in [0.2, 0.25) is 0 Å². The van der Waals surface area contributed by atoms with Crippen LogP contribution in [0.1, 0.15) is 12.0 Å². The average molecular weight is 198 g/mol. The Morgan fingerprint density at radius 3 is 3.07 bits per heavy atom. The van der Waals surface area contributed by atoms with Gasteiger partial charge in [-0.25, -0.2) is 0 Å². The third-order valence-corrected chi connectivity index (χ3v) is 4.16. The van der Waals surface area contributed by atoms with E-state index in [4.69, 9.17) is 0 Å². The summed E-state index contributed by atoms with van der Waals surface area (Å²) >= 11 is 0. The Morgan fingerprint density at radius 1 is 1.14 bits per heavy atom. The van der Waals surface area contributed by atoms with Crippen LogP contribution in [-0.2, 0) is 6.42 Å². The van der Waals surface area contributed by atoms with Crippen LogP contribution in [0.3, 0.4) is 0 Å². The van der Waals surface area contributed by atoms with Crippen molar-refractivity contribution in [3.8, 4) is 0 Å². The summed E-state index contributed by atoms with van der Waals surface area (Å²) in [4.78, 5) is 0. The van der Waals surface area contributed by atoms with Gasteiger partial charge in [-0.05, 0) is 29.3 Å². The largest absolute Gasteiger partial charge is 0.0798 e. The predicted octanol–water partition coefficient (Wildman–Crippen LogP) is 2.87. The molecule has 0 saturated heterocycles. The van der Waals surface area contributed by atoms with Gasteiger partial charge in [0.25, 0.3) is 0 Å². The van der Waals surface area contributed by atoms with Gasteiger partial charge in [0.15, 0.2) is 0 Å². The van der Waals surface area contributed by atoms with Gasteiger partial charge in [0.2, 0.25) is 0 Å². The van der Waals surface area contributed by atoms with Gasteiger partial charge in [0, 0.05) is 5.30 Å². The first-order valence-electron chi connectivity index (χ1n) is 4.95. The zero-order chi connectivity index (χ0) is 9.38. The fourth-order valence-electron chi connectivity index (χ4n) is 1.99. The van der Waals surface area contributed by atoms with Crippen molar-refractivity contribution in [2.45, 2.75) is 12.8 Å². The van der Waals surface area contributed by atoms with Crippen molar-refractivity contribution in [3.63, 3.8) is 0 Å². The van der Waals surface area contributed by atoms with Gasteiger partial charge in [0.05, 0.1) is 0 Å². The molecule has 1 aromatic rings. The van der Waals surface area contributed by atoms with Gasteiger partial charge >= 0.3 is 0 Å². The fourth-order valence-corrected chi connectivity index (χ4v) is 3.23. The number of allylic oxidation sites excluding steroid dienone is 4. The molecule has 0 fully saturated rings. The molecule has 3 rings (SSSR count). The Morgan fingerprint density at radius 2 is 2.07 bits per heavy atom. The number of hydrogen-bond acceptors (Lipinski definition) is 0. The summed E-state index contributed by atoms with van der Waals surface area (Å²) in [5, 5.41) is 3.08. The van der Waals surface area contributed by atoms with E-state index in [0.29, 0.717) is 0 Å². The van der Waals surface area contributed by atoms with Crippen LogP contribution in [-0.4, -0.2) is 5.29 Å². The minimum Gasteiger partial charge on any atom is -0.0798 e. The molecule has 1 aromatic carbocycles. The minimum atomic E-state index is 1.13. The Kier molecular flexibility index (Phi) is 1.89. The third kappa shape index (κ3) is 1.27. The van der Waals surface area contributed by atoms with Crippen LogP contribution < -0.4 is 5.30 Å². The molecule has 0 aromatic heterocycles. The van der Waals surface area contributed by atoms with E-state index in [9.17, 15) is 0 Å². The van der Waals surface area contributed by atoms with Crippen molar-refractivity contribution in [1.82, 2.24) is 0 Å². The maximum absolute atomic E-state index is 2.27. The molecule has 0 saturated carbocycles. The number of fused-ring (bicyclic) bond motifs is 2. The smallest absolute Gasteiger partial charge is 0.00559 e. The molecule has 0 unspecified atom stereocenters. The van der Waals surface area contributed by atoms with Gasteiger partial charge in [-0.1, -0.05) is 50.7 Å². The zero-order valence-electron chi connectivity index (χ0n) is 7.90. The molecule has 2 aliphatic rings. The summed E-state index contributed by atoms with van der Waals surface area (Å²) in [5.74, 6) is 0. The average Bonchev–Trinajstić information content (AvgIpc) is 2.26.